The quantitative estimate of drug-likeness (QED) is 0.247. The van der Waals surface area contributed by atoms with E-state index in [1.54, 1.807) is 0 Å². The highest BCUT2D eigenvalue weighted by molar-refractivity contribution is 6.08. The summed E-state index contributed by atoms with van der Waals surface area (Å²) in [6.45, 7) is 8.66. The van der Waals surface area contributed by atoms with Crippen LogP contribution in [0.3, 0.4) is 0 Å². The third-order valence-electron chi connectivity index (χ3n) is 7.26. The molecule has 0 bridgehead atoms. The van der Waals surface area contributed by atoms with Gasteiger partial charge in [0.1, 0.15) is 5.58 Å². The lowest BCUT2D eigenvalue weighted by Crippen LogP contribution is -1.95. The molecule has 0 unspecified atom stereocenters. The van der Waals surface area contributed by atoms with Gasteiger partial charge in [0.15, 0.2) is 0 Å². The standard InChI is InChI=1S/C34H30N2O/c1-21-17-22(2)32(23(3)18-21)30-19-31(35-20-24(30)4)29-12-8-11-27-28-16-15-26(36-34(28)37-33(27)29)14-13-25-9-6-5-7-10-25/h5-12,15-20H,13-14H2,1-4H3. The van der Waals surface area contributed by atoms with Crippen molar-refractivity contribution in [1.82, 2.24) is 9.97 Å². The molecule has 3 heteroatoms. The topological polar surface area (TPSA) is 38.9 Å². The van der Waals surface area contributed by atoms with Gasteiger partial charge in [0.2, 0.25) is 5.71 Å². The van der Waals surface area contributed by atoms with Crippen molar-refractivity contribution in [2.24, 2.45) is 0 Å². The Bertz CT molecular complexity index is 1740. The Kier molecular flexibility index (Phi) is 5.84. The van der Waals surface area contributed by atoms with Gasteiger partial charge in [-0.25, -0.2) is 4.98 Å². The van der Waals surface area contributed by atoms with E-state index < -0.39 is 0 Å². The number of pyridine rings is 2. The van der Waals surface area contributed by atoms with Crippen molar-refractivity contribution in [2.45, 2.75) is 40.5 Å². The molecular formula is C34H30N2O. The second-order valence-electron chi connectivity index (χ2n) is 10.1. The normalized spacial score (nSPS) is 11.5. The number of rotatable bonds is 5. The Morgan fingerprint density at radius 2 is 1.46 bits per heavy atom. The van der Waals surface area contributed by atoms with E-state index >= 15 is 0 Å². The minimum absolute atomic E-state index is 0.686. The van der Waals surface area contributed by atoms with Crippen molar-refractivity contribution in [3.05, 3.63) is 119 Å². The molecule has 0 fully saturated rings. The molecule has 0 radical (unpaired) electrons. The summed E-state index contributed by atoms with van der Waals surface area (Å²) in [4.78, 5) is 9.72. The largest absolute Gasteiger partial charge is 0.437 e. The molecule has 0 atom stereocenters. The fraction of sp³-hybridized carbons (Fsp3) is 0.176. The molecule has 3 aromatic carbocycles. The van der Waals surface area contributed by atoms with Crippen molar-refractivity contribution in [3.63, 3.8) is 0 Å². The lowest BCUT2D eigenvalue weighted by atomic mass is 9.91. The predicted molar refractivity (Wildman–Crippen MR) is 153 cm³/mol. The number of hydrogen-bond acceptors (Lipinski definition) is 3. The lowest BCUT2D eigenvalue weighted by Gasteiger charge is -2.15. The summed E-state index contributed by atoms with van der Waals surface area (Å²) in [5, 5.41) is 2.11. The third kappa shape index (κ3) is 4.31. The maximum Gasteiger partial charge on any atom is 0.227 e. The summed E-state index contributed by atoms with van der Waals surface area (Å²) in [5.74, 6) is 0. The number of aryl methyl sites for hydroxylation is 6. The van der Waals surface area contributed by atoms with Gasteiger partial charge in [-0.05, 0) is 98.2 Å². The fourth-order valence-corrected chi connectivity index (χ4v) is 5.52. The summed E-state index contributed by atoms with van der Waals surface area (Å²) >= 11 is 0. The molecule has 37 heavy (non-hydrogen) atoms. The van der Waals surface area contributed by atoms with Crippen LogP contribution >= 0.6 is 0 Å². The van der Waals surface area contributed by atoms with Gasteiger partial charge in [0, 0.05) is 28.2 Å². The number of furan rings is 1. The monoisotopic (exact) mass is 482 g/mol. The zero-order chi connectivity index (χ0) is 25.5. The van der Waals surface area contributed by atoms with Gasteiger partial charge in [0.05, 0.1) is 5.69 Å². The average molecular weight is 483 g/mol. The van der Waals surface area contributed by atoms with Crippen LogP contribution in [0, 0.1) is 27.7 Å². The minimum atomic E-state index is 0.686. The highest BCUT2D eigenvalue weighted by Gasteiger charge is 2.17. The maximum absolute atomic E-state index is 6.42. The van der Waals surface area contributed by atoms with Crippen molar-refractivity contribution in [3.8, 4) is 22.4 Å². The summed E-state index contributed by atoms with van der Waals surface area (Å²) in [6.07, 6.45) is 3.81. The summed E-state index contributed by atoms with van der Waals surface area (Å²) in [6, 6.07) is 27.8. The molecule has 0 N–H and O–H groups in total. The summed E-state index contributed by atoms with van der Waals surface area (Å²) in [5.41, 5.74) is 13.3. The van der Waals surface area contributed by atoms with E-state index in [4.69, 9.17) is 14.4 Å². The Hall–Kier alpha value is -4.24. The lowest BCUT2D eigenvalue weighted by molar-refractivity contribution is 0.651. The predicted octanol–water partition coefficient (Wildman–Crippen LogP) is 8.73. The first-order chi connectivity index (χ1) is 18.0. The van der Waals surface area contributed by atoms with Crippen molar-refractivity contribution in [1.29, 1.82) is 0 Å². The molecule has 6 aromatic rings. The van der Waals surface area contributed by atoms with Crippen LogP contribution in [0.25, 0.3) is 44.5 Å². The molecule has 0 spiro atoms. The molecule has 0 amide bonds. The van der Waals surface area contributed by atoms with E-state index in [1.165, 1.54) is 38.9 Å². The van der Waals surface area contributed by atoms with Gasteiger partial charge in [0.25, 0.3) is 0 Å². The number of benzene rings is 3. The number of nitrogens with zero attached hydrogens (tertiary/aromatic N) is 2. The molecule has 3 heterocycles. The Labute approximate surface area is 217 Å². The second kappa shape index (κ2) is 9.33. The van der Waals surface area contributed by atoms with Crippen LogP contribution < -0.4 is 0 Å². The van der Waals surface area contributed by atoms with Gasteiger partial charge >= 0.3 is 0 Å². The zero-order valence-electron chi connectivity index (χ0n) is 21.8. The van der Waals surface area contributed by atoms with Gasteiger partial charge in [-0.2, -0.15) is 0 Å². The highest BCUT2D eigenvalue weighted by Crippen LogP contribution is 2.37. The minimum Gasteiger partial charge on any atom is -0.437 e. The number of hydrogen-bond donors (Lipinski definition) is 0. The van der Waals surface area contributed by atoms with Crippen LogP contribution in [-0.2, 0) is 12.8 Å². The van der Waals surface area contributed by atoms with E-state index in [9.17, 15) is 0 Å². The smallest absolute Gasteiger partial charge is 0.227 e. The number of aromatic nitrogens is 2. The van der Waals surface area contributed by atoms with Crippen LogP contribution in [0.5, 0.6) is 0 Å². The molecule has 182 valence electrons. The molecule has 0 aliphatic carbocycles. The number of para-hydroxylation sites is 1. The Balaban J connectivity index is 1.42. The van der Waals surface area contributed by atoms with E-state index in [1.807, 2.05) is 6.20 Å². The number of fused-ring (bicyclic) bond motifs is 3. The SMILES string of the molecule is Cc1cc(C)c(-c2cc(-c3cccc4c3oc3nc(CCc5ccccc5)ccc34)ncc2C)c(C)c1. The van der Waals surface area contributed by atoms with Gasteiger partial charge in [-0.15, -0.1) is 0 Å². The second-order valence-corrected chi connectivity index (χ2v) is 10.1. The molecule has 0 saturated carbocycles. The van der Waals surface area contributed by atoms with Gasteiger partial charge in [-0.3, -0.25) is 4.98 Å². The third-order valence-corrected chi connectivity index (χ3v) is 7.26. The van der Waals surface area contributed by atoms with E-state index in [-0.39, 0.29) is 0 Å². The van der Waals surface area contributed by atoms with Crippen LogP contribution in [0.4, 0.5) is 0 Å². The molecule has 6 rings (SSSR count). The highest BCUT2D eigenvalue weighted by atomic mass is 16.3. The average Bonchev–Trinajstić information content (AvgIpc) is 3.27. The summed E-state index contributed by atoms with van der Waals surface area (Å²) < 4.78 is 6.42. The first-order valence-corrected chi connectivity index (χ1v) is 12.9. The zero-order valence-corrected chi connectivity index (χ0v) is 21.8. The molecule has 3 aromatic heterocycles. The Morgan fingerprint density at radius 1 is 0.676 bits per heavy atom. The van der Waals surface area contributed by atoms with Crippen LogP contribution in [0.2, 0.25) is 0 Å². The molecular weight excluding hydrogens is 452 g/mol. The fourth-order valence-electron chi connectivity index (χ4n) is 5.52. The first-order valence-electron chi connectivity index (χ1n) is 12.9. The molecule has 0 aliphatic rings. The van der Waals surface area contributed by atoms with E-state index in [0.29, 0.717) is 5.71 Å². The maximum atomic E-state index is 6.42. The van der Waals surface area contributed by atoms with E-state index in [0.717, 1.165) is 46.1 Å². The van der Waals surface area contributed by atoms with Crippen LogP contribution in [-0.4, -0.2) is 9.97 Å². The Morgan fingerprint density at radius 3 is 2.24 bits per heavy atom. The first kappa shape index (κ1) is 23.2. The summed E-state index contributed by atoms with van der Waals surface area (Å²) in [7, 11) is 0. The van der Waals surface area contributed by atoms with E-state index in [2.05, 4.69) is 107 Å². The molecule has 3 nitrogen and oxygen atoms in total. The van der Waals surface area contributed by atoms with Crippen molar-refractivity contribution >= 4 is 22.1 Å². The van der Waals surface area contributed by atoms with Crippen molar-refractivity contribution in [2.75, 3.05) is 0 Å². The van der Waals surface area contributed by atoms with Crippen LogP contribution in [0.1, 0.15) is 33.5 Å². The van der Waals surface area contributed by atoms with Gasteiger partial charge < -0.3 is 4.42 Å². The molecule has 0 saturated heterocycles. The van der Waals surface area contributed by atoms with Crippen molar-refractivity contribution < 1.29 is 4.42 Å². The van der Waals surface area contributed by atoms with Crippen LogP contribution in [0.15, 0.2) is 89.5 Å². The van der Waals surface area contributed by atoms with Gasteiger partial charge in [-0.1, -0.05) is 60.2 Å². The molecule has 0 aliphatic heterocycles.